The van der Waals surface area contributed by atoms with Crippen LogP contribution in [0.5, 0.6) is 5.75 Å². The Morgan fingerprint density at radius 2 is 2.19 bits per heavy atom. The number of halogens is 1. The minimum Gasteiger partial charge on any atom is -0.491 e. The van der Waals surface area contributed by atoms with E-state index in [4.69, 9.17) is 16.3 Å². The number of carbonyl (C=O) groups is 1. The first-order valence-corrected chi connectivity index (χ1v) is 4.66. The number of nitrogens with zero attached hydrogens (tertiary/aromatic N) is 1. The second kappa shape index (κ2) is 5.92. The van der Waals surface area contributed by atoms with Crippen molar-refractivity contribution in [1.82, 2.24) is 0 Å². The standard InChI is InChI=1S/C9H8ClNO5/c10-8-1-2-9(7(5-8)6-12)15-3-4-16-11(13)14/h1-2,5-6H,3-4H2. The molecular formula is C9H8ClNO5. The molecule has 0 spiro atoms. The highest BCUT2D eigenvalue weighted by Crippen LogP contribution is 2.21. The van der Waals surface area contributed by atoms with Crippen LogP contribution in [-0.2, 0) is 4.84 Å². The molecule has 6 nitrogen and oxygen atoms in total. The van der Waals surface area contributed by atoms with Crippen molar-refractivity contribution >= 4 is 17.9 Å². The molecule has 0 heterocycles. The number of benzene rings is 1. The fraction of sp³-hybridized carbons (Fsp3) is 0.222. The van der Waals surface area contributed by atoms with Gasteiger partial charge >= 0.3 is 0 Å². The van der Waals surface area contributed by atoms with Crippen LogP contribution < -0.4 is 4.74 Å². The molecule has 1 aromatic rings. The van der Waals surface area contributed by atoms with E-state index in [0.29, 0.717) is 17.1 Å². The van der Waals surface area contributed by atoms with Crippen LogP contribution in [0.15, 0.2) is 18.2 Å². The molecule has 1 aromatic carbocycles. The Bertz CT molecular complexity index is 395. The molecule has 0 bridgehead atoms. The largest absolute Gasteiger partial charge is 0.491 e. The lowest BCUT2D eigenvalue weighted by Gasteiger charge is -2.07. The summed E-state index contributed by atoms with van der Waals surface area (Å²) in [5.41, 5.74) is 0.286. The van der Waals surface area contributed by atoms with E-state index in [1.165, 1.54) is 12.1 Å². The molecule has 0 amide bonds. The normalized spacial score (nSPS) is 9.56. The van der Waals surface area contributed by atoms with Crippen molar-refractivity contribution in [1.29, 1.82) is 0 Å². The van der Waals surface area contributed by atoms with Gasteiger partial charge in [-0.25, -0.2) is 0 Å². The van der Waals surface area contributed by atoms with Crippen molar-refractivity contribution in [2.75, 3.05) is 13.2 Å². The van der Waals surface area contributed by atoms with E-state index in [-0.39, 0.29) is 18.8 Å². The Morgan fingerprint density at radius 3 is 2.81 bits per heavy atom. The van der Waals surface area contributed by atoms with E-state index in [0.717, 1.165) is 0 Å². The minimum absolute atomic E-state index is 0.0244. The first kappa shape index (κ1) is 12.3. The van der Waals surface area contributed by atoms with Gasteiger partial charge in [-0.1, -0.05) is 11.6 Å². The molecule has 0 fully saturated rings. The van der Waals surface area contributed by atoms with Gasteiger partial charge in [0.25, 0.3) is 5.09 Å². The third-order valence-electron chi connectivity index (χ3n) is 1.64. The number of ether oxygens (including phenoxy) is 1. The van der Waals surface area contributed by atoms with Crippen molar-refractivity contribution in [3.8, 4) is 5.75 Å². The smallest absolute Gasteiger partial charge is 0.294 e. The van der Waals surface area contributed by atoms with Gasteiger partial charge in [-0.05, 0) is 18.2 Å². The van der Waals surface area contributed by atoms with Gasteiger partial charge in [-0.2, -0.15) is 0 Å². The van der Waals surface area contributed by atoms with Gasteiger partial charge in [0.05, 0.1) is 5.56 Å². The van der Waals surface area contributed by atoms with Crippen LogP contribution in [0, 0.1) is 10.1 Å². The van der Waals surface area contributed by atoms with Crippen LogP contribution in [0.1, 0.15) is 10.4 Å². The highest BCUT2D eigenvalue weighted by molar-refractivity contribution is 6.30. The van der Waals surface area contributed by atoms with Gasteiger partial charge < -0.3 is 9.57 Å². The summed E-state index contributed by atoms with van der Waals surface area (Å²) < 4.78 is 5.11. The maximum atomic E-state index is 10.6. The molecule has 0 radical (unpaired) electrons. The zero-order chi connectivity index (χ0) is 12.0. The maximum absolute atomic E-state index is 10.6. The highest BCUT2D eigenvalue weighted by atomic mass is 35.5. The van der Waals surface area contributed by atoms with Gasteiger partial charge in [-0.3, -0.25) is 4.79 Å². The highest BCUT2D eigenvalue weighted by Gasteiger charge is 2.04. The summed E-state index contributed by atoms with van der Waals surface area (Å²) in [6, 6.07) is 4.51. The fourth-order valence-electron chi connectivity index (χ4n) is 1.01. The number of hydrogen-bond donors (Lipinski definition) is 0. The zero-order valence-corrected chi connectivity index (χ0v) is 8.85. The lowest BCUT2D eigenvalue weighted by Crippen LogP contribution is -2.11. The van der Waals surface area contributed by atoms with E-state index >= 15 is 0 Å². The Balaban J connectivity index is 2.53. The third kappa shape index (κ3) is 3.74. The van der Waals surface area contributed by atoms with Crippen LogP contribution in [0.25, 0.3) is 0 Å². The second-order valence-electron chi connectivity index (χ2n) is 2.71. The number of aldehydes is 1. The molecular weight excluding hydrogens is 238 g/mol. The fourth-order valence-corrected chi connectivity index (χ4v) is 1.19. The molecule has 0 saturated carbocycles. The summed E-state index contributed by atoms with van der Waals surface area (Å²) in [5.74, 6) is 0.311. The van der Waals surface area contributed by atoms with Crippen molar-refractivity contribution in [3.05, 3.63) is 38.9 Å². The van der Waals surface area contributed by atoms with Gasteiger partial charge in [0.15, 0.2) is 6.29 Å². The summed E-state index contributed by atoms with van der Waals surface area (Å²) in [6.45, 7) is -0.225. The first-order chi connectivity index (χ1) is 7.63. The van der Waals surface area contributed by atoms with Crippen LogP contribution in [0.3, 0.4) is 0 Å². The molecule has 7 heteroatoms. The van der Waals surface area contributed by atoms with Gasteiger partial charge in [0.1, 0.15) is 19.0 Å². The lowest BCUT2D eigenvalue weighted by molar-refractivity contribution is -0.757. The lowest BCUT2D eigenvalue weighted by atomic mass is 10.2. The van der Waals surface area contributed by atoms with Crippen molar-refractivity contribution in [3.63, 3.8) is 0 Å². The Hall–Kier alpha value is -1.82. The summed E-state index contributed by atoms with van der Waals surface area (Å²) in [7, 11) is 0. The average molecular weight is 246 g/mol. The summed E-state index contributed by atoms with van der Waals surface area (Å²) in [6.07, 6.45) is 0.593. The average Bonchev–Trinajstić information content (AvgIpc) is 2.25. The van der Waals surface area contributed by atoms with Crippen LogP contribution in [-0.4, -0.2) is 24.6 Å². The zero-order valence-electron chi connectivity index (χ0n) is 8.09. The van der Waals surface area contributed by atoms with Crippen LogP contribution in [0.4, 0.5) is 0 Å². The van der Waals surface area contributed by atoms with E-state index in [1.54, 1.807) is 6.07 Å². The van der Waals surface area contributed by atoms with Gasteiger partial charge in [-0.15, -0.1) is 10.1 Å². The molecule has 0 N–H and O–H groups in total. The van der Waals surface area contributed by atoms with Crippen molar-refractivity contribution < 1.29 is 19.5 Å². The molecule has 0 atom stereocenters. The van der Waals surface area contributed by atoms with Crippen molar-refractivity contribution in [2.24, 2.45) is 0 Å². The van der Waals surface area contributed by atoms with Crippen LogP contribution in [0.2, 0.25) is 5.02 Å². The van der Waals surface area contributed by atoms with E-state index in [1.807, 2.05) is 0 Å². The topological polar surface area (TPSA) is 78.7 Å². The number of carbonyl (C=O) groups excluding carboxylic acids is 1. The second-order valence-corrected chi connectivity index (χ2v) is 3.14. The predicted octanol–water partition coefficient (Wildman–Crippen LogP) is 1.74. The van der Waals surface area contributed by atoms with Gasteiger partial charge in [0.2, 0.25) is 0 Å². The summed E-state index contributed by atoms with van der Waals surface area (Å²) >= 11 is 5.67. The minimum atomic E-state index is -0.911. The van der Waals surface area contributed by atoms with E-state index in [9.17, 15) is 14.9 Å². The van der Waals surface area contributed by atoms with Gasteiger partial charge in [0, 0.05) is 5.02 Å². The Morgan fingerprint density at radius 1 is 1.44 bits per heavy atom. The Labute approximate surface area is 95.8 Å². The molecule has 0 unspecified atom stereocenters. The molecule has 0 aliphatic heterocycles. The monoisotopic (exact) mass is 245 g/mol. The van der Waals surface area contributed by atoms with Crippen molar-refractivity contribution in [2.45, 2.75) is 0 Å². The third-order valence-corrected chi connectivity index (χ3v) is 1.87. The number of hydrogen-bond acceptors (Lipinski definition) is 5. The predicted molar refractivity (Wildman–Crippen MR) is 55.3 cm³/mol. The Kier molecular flexibility index (Phi) is 4.53. The number of rotatable bonds is 6. The van der Waals surface area contributed by atoms with Crippen LogP contribution >= 0.6 is 11.6 Å². The molecule has 0 aliphatic rings. The molecule has 0 saturated heterocycles. The summed E-state index contributed by atoms with van der Waals surface area (Å²) in [5, 5.41) is 9.33. The summed E-state index contributed by atoms with van der Waals surface area (Å²) in [4.78, 5) is 24.5. The SMILES string of the molecule is O=Cc1cc(Cl)ccc1OCCO[N+](=O)[O-]. The van der Waals surface area contributed by atoms with E-state index < -0.39 is 5.09 Å². The molecule has 86 valence electrons. The molecule has 0 aromatic heterocycles. The molecule has 16 heavy (non-hydrogen) atoms. The quantitative estimate of drug-likeness (QED) is 0.330. The maximum Gasteiger partial charge on any atom is 0.294 e. The molecule has 0 aliphatic carbocycles. The molecule has 1 rings (SSSR count). The van der Waals surface area contributed by atoms with E-state index in [2.05, 4.69) is 4.84 Å². The first-order valence-electron chi connectivity index (χ1n) is 4.28.